The molecule has 0 unspecified atom stereocenters. The molecule has 10 heteroatoms. The van der Waals surface area contributed by atoms with Crippen molar-refractivity contribution in [2.45, 2.75) is 11.8 Å². The van der Waals surface area contributed by atoms with Gasteiger partial charge in [0, 0.05) is 10.8 Å². The fourth-order valence-corrected chi connectivity index (χ4v) is 3.55. The maximum Gasteiger partial charge on any atom is 1.00 e. The molecule has 0 saturated carbocycles. The molecule has 0 aliphatic heterocycles. The standard InChI is InChI=1S/C23H18N4O4S.Na/c1-15-4-2-3-5-21(15)25-27-23-13-12-22(26-24-16-6-8-17(28)9-7-16)19-11-10-18(14-20(19)23)32(29,30)31;/h2-14,28H,1H3,(H,29,30,31);/q;+1/p-1. The van der Waals surface area contributed by atoms with E-state index in [2.05, 4.69) is 20.5 Å². The Morgan fingerprint density at radius 1 is 0.727 bits per heavy atom. The van der Waals surface area contributed by atoms with E-state index in [4.69, 9.17) is 0 Å². The van der Waals surface area contributed by atoms with Gasteiger partial charge in [-0.15, -0.1) is 16.0 Å². The second-order valence-corrected chi connectivity index (χ2v) is 8.39. The second-order valence-electron chi connectivity index (χ2n) is 6.97. The number of fused-ring (bicyclic) bond motifs is 1. The first-order valence-corrected chi connectivity index (χ1v) is 11.0. The molecule has 0 heterocycles. The number of nitrogens with zero attached hydrogens (tertiary/aromatic N) is 4. The van der Waals surface area contributed by atoms with Crippen molar-refractivity contribution in [2.75, 3.05) is 0 Å². The number of rotatable bonds is 5. The van der Waals surface area contributed by atoms with Crippen molar-refractivity contribution in [1.29, 1.82) is 0 Å². The van der Waals surface area contributed by atoms with Gasteiger partial charge in [-0.05, 0) is 55.0 Å². The van der Waals surface area contributed by atoms with Gasteiger partial charge in [0.1, 0.15) is 0 Å². The van der Waals surface area contributed by atoms with Crippen molar-refractivity contribution < 1.29 is 47.6 Å². The average Bonchev–Trinajstić information content (AvgIpc) is 2.77. The number of aryl methyl sites for hydroxylation is 1. The molecule has 1 N–H and O–H groups in total. The molecule has 0 atom stereocenters. The van der Waals surface area contributed by atoms with Crippen molar-refractivity contribution >= 4 is 43.6 Å². The molecule has 0 fully saturated rings. The minimum absolute atomic E-state index is 0. The first-order valence-electron chi connectivity index (χ1n) is 9.52. The van der Waals surface area contributed by atoms with Gasteiger partial charge in [0.25, 0.3) is 10.1 Å². The van der Waals surface area contributed by atoms with Crippen LogP contribution < -0.4 is 34.7 Å². The summed E-state index contributed by atoms with van der Waals surface area (Å²) in [5.41, 5.74) is 2.98. The molecule has 4 aromatic rings. The van der Waals surface area contributed by atoms with Crippen LogP contribution in [0.4, 0.5) is 22.7 Å². The van der Waals surface area contributed by atoms with Crippen LogP contribution in [0, 0.1) is 6.92 Å². The Morgan fingerprint density at radius 2 is 1.33 bits per heavy atom. The molecule has 0 aliphatic carbocycles. The van der Waals surface area contributed by atoms with E-state index in [9.17, 15) is 18.1 Å². The van der Waals surface area contributed by atoms with E-state index in [0.717, 1.165) is 5.56 Å². The molecule has 0 spiro atoms. The summed E-state index contributed by atoms with van der Waals surface area (Å²) in [6, 6.07) is 20.8. The quantitative estimate of drug-likeness (QED) is 0.274. The number of azo groups is 2. The summed E-state index contributed by atoms with van der Waals surface area (Å²) >= 11 is 0. The molecule has 0 bridgehead atoms. The normalized spacial score (nSPS) is 11.8. The third-order valence-corrected chi connectivity index (χ3v) is 5.58. The number of hydrogen-bond acceptors (Lipinski definition) is 7. The van der Waals surface area contributed by atoms with E-state index in [1.807, 2.05) is 31.2 Å². The van der Waals surface area contributed by atoms with Gasteiger partial charge in [0.2, 0.25) is 0 Å². The molecule has 4 rings (SSSR count). The van der Waals surface area contributed by atoms with Crippen LogP contribution in [-0.4, -0.2) is 13.0 Å². The average molecular weight is 468 g/mol. The van der Waals surface area contributed by atoms with Gasteiger partial charge in [-0.1, -0.05) is 36.4 Å². The molecule has 160 valence electrons. The second kappa shape index (κ2) is 10.3. The number of benzene rings is 4. The molecule has 0 aliphatic rings. The van der Waals surface area contributed by atoms with E-state index in [1.54, 1.807) is 24.3 Å². The predicted molar refractivity (Wildman–Crippen MR) is 119 cm³/mol. The van der Waals surface area contributed by atoms with E-state index in [0.29, 0.717) is 33.5 Å². The van der Waals surface area contributed by atoms with Crippen LogP contribution in [0.3, 0.4) is 0 Å². The van der Waals surface area contributed by atoms with E-state index in [1.165, 1.54) is 30.3 Å². The zero-order chi connectivity index (χ0) is 22.7. The molecule has 8 nitrogen and oxygen atoms in total. The van der Waals surface area contributed by atoms with Crippen LogP contribution in [0.25, 0.3) is 10.8 Å². The van der Waals surface area contributed by atoms with Gasteiger partial charge in [-0.3, -0.25) is 4.55 Å². The Hall–Kier alpha value is -2.95. The first-order chi connectivity index (χ1) is 15.3. The third kappa shape index (κ3) is 5.89. The van der Waals surface area contributed by atoms with Crippen molar-refractivity contribution in [3.8, 4) is 5.75 Å². The van der Waals surface area contributed by atoms with Crippen LogP contribution in [0.5, 0.6) is 5.75 Å². The van der Waals surface area contributed by atoms with E-state index in [-0.39, 0.29) is 40.2 Å². The molecule has 0 aromatic heterocycles. The van der Waals surface area contributed by atoms with Gasteiger partial charge >= 0.3 is 29.6 Å². The fourth-order valence-electron chi connectivity index (χ4n) is 3.04. The van der Waals surface area contributed by atoms with E-state index >= 15 is 0 Å². The molecular formula is C23H17N4NaO4S. The van der Waals surface area contributed by atoms with Gasteiger partial charge < -0.3 is 5.11 Å². The Morgan fingerprint density at radius 3 is 2.00 bits per heavy atom. The van der Waals surface area contributed by atoms with Crippen molar-refractivity contribution in [3.63, 3.8) is 0 Å². The van der Waals surface area contributed by atoms with Gasteiger partial charge in [0.15, 0.2) is 0 Å². The third-order valence-electron chi connectivity index (χ3n) is 4.73. The van der Waals surface area contributed by atoms with Crippen LogP contribution in [0.2, 0.25) is 0 Å². The van der Waals surface area contributed by atoms with Crippen molar-refractivity contribution in [1.82, 2.24) is 0 Å². The zero-order valence-corrected chi connectivity index (χ0v) is 20.7. The number of hydrogen-bond donors (Lipinski definition) is 1. The zero-order valence-electron chi connectivity index (χ0n) is 17.9. The summed E-state index contributed by atoms with van der Waals surface area (Å²) in [6.07, 6.45) is 0. The summed E-state index contributed by atoms with van der Waals surface area (Å²) < 4.78 is 32.8. The summed E-state index contributed by atoms with van der Waals surface area (Å²) in [5.74, 6) is -0.129. The molecule has 0 amide bonds. The van der Waals surface area contributed by atoms with Crippen molar-refractivity contribution in [2.24, 2.45) is 20.5 Å². The maximum atomic E-state index is 11.7. The Balaban J connectivity index is 0.00000306. The topological polar surface area (TPSA) is 127 Å². The SMILES string of the molecule is Cc1ccccc1N=Nc1ccc(N=Nc2ccc([O-])cc2)c2ccc(S(=O)(=O)O)cc12.[Na+]. The van der Waals surface area contributed by atoms with Crippen LogP contribution in [-0.2, 0) is 10.1 Å². The summed E-state index contributed by atoms with van der Waals surface area (Å²) in [7, 11) is -4.41. The van der Waals surface area contributed by atoms with Gasteiger partial charge in [-0.25, -0.2) is 0 Å². The van der Waals surface area contributed by atoms with Crippen LogP contribution in [0.15, 0.2) is 104 Å². The first kappa shape index (κ1) is 24.7. The maximum absolute atomic E-state index is 11.7. The molecule has 0 saturated heterocycles. The largest absolute Gasteiger partial charge is 1.00 e. The Kier molecular flexibility index (Phi) is 7.72. The predicted octanol–water partition coefficient (Wildman–Crippen LogP) is 3.30. The summed E-state index contributed by atoms with van der Waals surface area (Å²) in [4.78, 5) is -0.266. The Bertz CT molecular complexity index is 1470. The molecule has 0 radical (unpaired) electrons. The minimum atomic E-state index is -4.41. The molecule has 4 aromatic carbocycles. The monoisotopic (exact) mass is 468 g/mol. The van der Waals surface area contributed by atoms with Crippen LogP contribution >= 0.6 is 0 Å². The van der Waals surface area contributed by atoms with Gasteiger partial charge in [0.05, 0.1) is 27.6 Å². The smallest absolute Gasteiger partial charge is 0.872 e. The van der Waals surface area contributed by atoms with Crippen molar-refractivity contribution in [3.05, 3.63) is 84.4 Å². The van der Waals surface area contributed by atoms with Gasteiger partial charge in [-0.2, -0.15) is 18.6 Å². The Labute approximate surface area is 212 Å². The summed E-state index contributed by atoms with van der Waals surface area (Å²) in [6.45, 7) is 1.91. The molecule has 33 heavy (non-hydrogen) atoms. The van der Waals surface area contributed by atoms with E-state index < -0.39 is 10.1 Å². The van der Waals surface area contributed by atoms with Crippen LogP contribution in [0.1, 0.15) is 5.56 Å². The summed E-state index contributed by atoms with van der Waals surface area (Å²) in [5, 5.41) is 29.2. The fraction of sp³-hybridized carbons (Fsp3) is 0.0435. The minimum Gasteiger partial charge on any atom is -0.872 e. The molecular weight excluding hydrogens is 451 g/mol.